The molecule has 0 bridgehead atoms. The maximum absolute atomic E-state index is 6.04. The Kier molecular flexibility index (Phi) is 3.94. The van der Waals surface area contributed by atoms with Gasteiger partial charge in [-0.3, -0.25) is 0 Å². The Labute approximate surface area is 166 Å². The second-order valence-corrected chi connectivity index (χ2v) is 7.81. The Hall–Kier alpha value is -3.13. The van der Waals surface area contributed by atoms with Crippen LogP contribution in [0.2, 0.25) is 0 Å². The Balaban J connectivity index is 1.73. The number of aromatic nitrogens is 2. The number of hydrogen-bond acceptors (Lipinski definition) is 8. The topological polar surface area (TPSA) is 85.9 Å². The highest BCUT2D eigenvalue weighted by molar-refractivity contribution is 7.13. The summed E-state index contributed by atoms with van der Waals surface area (Å²) >= 11 is 1.47. The number of ether oxygens (including phenoxy) is 2. The smallest absolute Gasteiger partial charge is 0.231 e. The molecule has 0 amide bonds. The lowest BCUT2D eigenvalue weighted by Gasteiger charge is -2.21. The van der Waals surface area contributed by atoms with Crippen LogP contribution in [0, 0.1) is 6.92 Å². The minimum atomic E-state index is 0.111. The van der Waals surface area contributed by atoms with E-state index in [1.807, 2.05) is 30.1 Å². The molecule has 2 N–H and O–H groups in total. The lowest BCUT2D eigenvalue weighted by Crippen LogP contribution is -2.29. The number of nitrogens with two attached hydrogens (primary N) is 1. The van der Waals surface area contributed by atoms with E-state index >= 15 is 0 Å². The van der Waals surface area contributed by atoms with Crippen molar-refractivity contribution >= 4 is 27.9 Å². The zero-order valence-electron chi connectivity index (χ0n) is 15.5. The molecule has 0 radical (unpaired) electrons. The Morgan fingerprint density at radius 3 is 2.75 bits per heavy atom. The van der Waals surface area contributed by atoms with E-state index in [0.717, 1.165) is 56.7 Å². The predicted molar refractivity (Wildman–Crippen MR) is 109 cm³/mol. The van der Waals surface area contributed by atoms with Gasteiger partial charge < -0.3 is 15.2 Å². The van der Waals surface area contributed by atoms with E-state index in [0.29, 0.717) is 0 Å². The second-order valence-electron chi connectivity index (χ2n) is 7.00. The molecule has 1 aromatic heterocycles. The number of anilines is 2. The van der Waals surface area contributed by atoms with Crippen LogP contribution in [-0.2, 0) is 6.42 Å². The fourth-order valence-electron chi connectivity index (χ4n) is 3.57. The van der Waals surface area contributed by atoms with Gasteiger partial charge in [-0.25, -0.2) is 5.01 Å². The average molecular weight is 393 g/mol. The third-order valence-electron chi connectivity index (χ3n) is 5.08. The largest absolute Gasteiger partial charge is 0.454 e. The molecule has 0 saturated carbocycles. The van der Waals surface area contributed by atoms with Crippen molar-refractivity contribution < 1.29 is 9.47 Å². The van der Waals surface area contributed by atoms with Crippen molar-refractivity contribution in [2.75, 3.05) is 17.5 Å². The number of fused-ring (bicyclic) bond motifs is 2. The van der Waals surface area contributed by atoms with E-state index in [1.54, 1.807) is 5.51 Å². The van der Waals surface area contributed by atoms with Gasteiger partial charge in [0.15, 0.2) is 11.5 Å². The van der Waals surface area contributed by atoms with Crippen molar-refractivity contribution in [3.05, 3.63) is 58.1 Å². The third-order valence-corrected chi connectivity index (χ3v) is 5.76. The predicted octanol–water partition coefficient (Wildman–Crippen LogP) is 3.36. The minimum Gasteiger partial charge on any atom is -0.454 e. The first-order chi connectivity index (χ1) is 13.6. The van der Waals surface area contributed by atoms with E-state index in [-0.39, 0.29) is 12.8 Å². The second kappa shape index (κ2) is 6.49. The molecule has 0 saturated heterocycles. The number of aryl methyl sites for hydroxylation is 1. The van der Waals surface area contributed by atoms with Crippen LogP contribution >= 0.6 is 11.3 Å². The molecule has 0 spiro atoms. The molecule has 2 aliphatic heterocycles. The summed E-state index contributed by atoms with van der Waals surface area (Å²) in [4.78, 5) is 0. The molecule has 28 heavy (non-hydrogen) atoms. The molecule has 7 nitrogen and oxygen atoms in total. The molecule has 5 rings (SSSR count). The van der Waals surface area contributed by atoms with Crippen molar-refractivity contribution in [1.82, 2.24) is 10.2 Å². The van der Waals surface area contributed by atoms with Gasteiger partial charge in [0.2, 0.25) is 11.9 Å². The van der Waals surface area contributed by atoms with Crippen molar-refractivity contribution in [1.29, 1.82) is 0 Å². The van der Waals surface area contributed by atoms with Crippen LogP contribution in [0.25, 0.3) is 0 Å². The van der Waals surface area contributed by atoms with Gasteiger partial charge in [-0.05, 0) is 55.7 Å². The quantitative estimate of drug-likeness (QED) is 0.672. The molecule has 0 unspecified atom stereocenters. The highest BCUT2D eigenvalue weighted by Crippen LogP contribution is 2.38. The summed E-state index contributed by atoms with van der Waals surface area (Å²) in [6, 6.07) is 10.2. The summed E-state index contributed by atoms with van der Waals surface area (Å²) < 4.78 is 11.2. The van der Waals surface area contributed by atoms with Crippen LogP contribution in [0.3, 0.4) is 0 Å². The fourth-order valence-corrected chi connectivity index (χ4v) is 4.18. The highest BCUT2D eigenvalue weighted by atomic mass is 32.1. The maximum Gasteiger partial charge on any atom is 0.231 e. The molecular weight excluding hydrogens is 374 g/mol. The van der Waals surface area contributed by atoms with Gasteiger partial charge in [-0.15, -0.1) is 10.2 Å². The number of nitrogens with zero attached hydrogens (tertiary/aromatic N) is 4. The van der Waals surface area contributed by atoms with E-state index in [2.05, 4.69) is 29.3 Å². The van der Waals surface area contributed by atoms with Crippen LogP contribution in [0.4, 0.5) is 10.8 Å². The SMILES string of the molecule is Cc1cc(C2=NN(c3nncs3)[C@H](C)Cc3cc4c(cc32)OCO4)ccc1N. The molecular formula is C20H19N5O2S. The fraction of sp³-hybridized carbons (Fsp3) is 0.250. The van der Waals surface area contributed by atoms with Crippen LogP contribution in [0.5, 0.6) is 11.5 Å². The van der Waals surface area contributed by atoms with Crippen molar-refractivity contribution in [3.8, 4) is 11.5 Å². The summed E-state index contributed by atoms with van der Waals surface area (Å²) in [5.41, 5.74) is 13.6. The van der Waals surface area contributed by atoms with Crippen molar-refractivity contribution in [2.24, 2.45) is 5.10 Å². The van der Waals surface area contributed by atoms with Gasteiger partial charge in [0.25, 0.3) is 0 Å². The Morgan fingerprint density at radius 2 is 2.00 bits per heavy atom. The van der Waals surface area contributed by atoms with Crippen LogP contribution in [-0.4, -0.2) is 28.7 Å². The van der Waals surface area contributed by atoms with Gasteiger partial charge in [0.1, 0.15) is 5.51 Å². The average Bonchev–Trinajstić information content (AvgIpc) is 3.34. The van der Waals surface area contributed by atoms with Gasteiger partial charge in [0.05, 0.1) is 11.8 Å². The van der Waals surface area contributed by atoms with Gasteiger partial charge in [0, 0.05) is 16.8 Å². The van der Waals surface area contributed by atoms with Crippen molar-refractivity contribution in [2.45, 2.75) is 26.3 Å². The molecule has 2 aromatic carbocycles. The lowest BCUT2D eigenvalue weighted by atomic mass is 9.93. The van der Waals surface area contributed by atoms with Crippen LogP contribution in [0.1, 0.15) is 29.2 Å². The number of benzene rings is 2. The highest BCUT2D eigenvalue weighted by Gasteiger charge is 2.28. The standard InChI is InChI=1S/C20H19N5O2S/c1-11-5-13(3-4-16(11)21)19-15-8-18-17(26-10-27-18)7-14(15)6-12(2)25(24-19)20-23-22-9-28-20/h3-5,7-9,12H,6,10,21H2,1-2H3/t12-/m1/s1. The summed E-state index contributed by atoms with van der Waals surface area (Å²) in [6.07, 6.45) is 0.798. The van der Waals surface area contributed by atoms with E-state index in [9.17, 15) is 0 Å². The molecule has 8 heteroatoms. The van der Waals surface area contributed by atoms with E-state index in [1.165, 1.54) is 11.3 Å². The normalized spacial score (nSPS) is 17.9. The first kappa shape index (κ1) is 17.0. The van der Waals surface area contributed by atoms with Crippen LogP contribution in [0.15, 0.2) is 40.9 Å². The van der Waals surface area contributed by atoms with Crippen molar-refractivity contribution in [3.63, 3.8) is 0 Å². The first-order valence-corrected chi connectivity index (χ1v) is 9.91. The van der Waals surface area contributed by atoms with Gasteiger partial charge in [-0.1, -0.05) is 17.4 Å². The molecule has 0 aliphatic carbocycles. The molecule has 1 atom stereocenters. The zero-order chi connectivity index (χ0) is 19.3. The molecule has 0 fully saturated rings. The lowest BCUT2D eigenvalue weighted by molar-refractivity contribution is 0.174. The molecule has 142 valence electrons. The number of hydrogen-bond donors (Lipinski definition) is 1. The third kappa shape index (κ3) is 2.77. The Morgan fingerprint density at radius 1 is 1.18 bits per heavy atom. The summed E-state index contributed by atoms with van der Waals surface area (Å²) in [5.74, 6) is 1.53. The first-order valence-electron chi connectivity index (χ1n) is 9.03. The number of nitrogen functional groups attached to an aromatic ring is 1. The number of rotatable bonds is 2. The maximum atomic E-state index is 6.04. The summed E-state index contributed by atoms with van der Waals surface area (Å²) in [6.45, 7) is 4.39. The molecule has 3 aromatic rings. The summed E-state index contributed by atoms with van der Waals surface area (Å²) in [7, 11) is 0. The number of hydrazone groups is 1. The van der Waals surface area contributed by atoms with Crippen LogP contribution < -0.4 is 20.2 Å². The van der Waals surface area contributed by atoms with E-state index in [4.69, 9.17) is 20.3 Å². The Bertz CT molecular complexity index is 1080. The van der Waals surface area contributed by atoms with Gasteiger partial charge in [-0.2, -0.15) is 5.10 Å². The van der Waals surface area contributed by atoms with E-state index < -0.39 is 0 Å². The zero-order valence-corrected chi connectivity index (χ0v) is 16.4. The molecule has 2 aliphatic rings. The monoisotopic (exact) mass is 393 g/mol. The molecule has 3 heterocycles. The minimum absolute atomic E-state index is 0.111. The summed E-state index contributed by atoms with van der Waals surface area (Å²) in [5, 5.41) is 16.0. The van der Waals surface area contributed by atoms with Gasteiger partial charge >= 0.3 is 0 Å².